The Bertz CT molecular complexity index is 1020. The molecule has 2 aliphatic rings. The van der Waals surface area contributed by atoms with E-state index in [1.54, 1.807) is 11.8 Å². The van der Waals surface area contributed by atoms with Crippen LogP contribution in [0.25, 0.3) is 0 Å². The molecule has 2 aromatic rings. The number of H-pyrrole nitrogens is 1. The highest BCUT2D eigenvalue weighted by Crippen LogP contribution is 2.43. The first-order valence-electron chi connectivity index (χ1n) is 10.4. The first-order valence-corrected chi connectivity index (χ1v) is 11.3. The van der Waals surface area contributed by atoms with Crippen molar-refractivity contribution in [3.05, 3.63) is 62.6 Å². The number of carbonyl (C=O) groups excluding carboxylic acids is 1. The molecule has 1 aliphatic carbocycles. The second kappa shape index (κ2) is 8.19. The summed E-state index contributed by atoms with van der Waals surface area (Å²) >= 11 is 1.57. The predicted octanol–water partition coefficient (Wildman–Crippen LogP) is 4.79. The summed E-state index contributed by atoms with van der Waals surface area (Å²) in [6, 6.07) is 8.26. The number of anilines is 1. The Morgan fingerprint density at radius 3 is 2.62 bits per heavy atom. The first-order chi connectivity index (χ1) is 14.0. The van der Waals surface area contributed by atoms with E-state index in [0.717, 1.165) is 42.5 Å². The van der Waals surface area contributed by atoms with Crippen molar-refractivity contribution in [3.8, 4) is 0 Å². The highest BCUT2D eigenvalue weighted by Gasteiger charge is 2.37. The number of hydrogen-bond acceptors (Lipinski definition) is 5. The third-order valence-electron chi connectivity index (χ3n) is 5.85. The largest absolute Gasteiger partial charge is 0.343 e. The molecule has 0 bridgehead atoms. The molecule has 6 heteroatoms. The zero-order valence-corrected chi connectivity index (χ0v) is 18.0. The van der Waals surface area contributed by atoms with Gasteiger partial charge in [0.2, 0.25) is 0 Å². The van der Waals surface area contributed by atoms with Gasteiger partial charge in [-0.15, -0.1) is 0 Å². The number of aryl methyl sites for hydroxylation is 1. The van der Waals surface area contributed by atoms with E-state index in [9.17, 15) is 9.59 Å². The predicted molar refractivity (Wildman–Crippen MR) is 118 cm³/mol. The average Bonchev–Trinajstić information content (AvgIpc) is 2.72. The van der Waals surface area contributed by atoms with E-state index in [1.807, 2.05) is 12.1 Å². The molecule has 0 spiro atoms. The number of aromatic nitrogens is 2. The van der Waals surface area contributed by atoms with Crippen LogP contribution in [0, 0.1) is 0 Å². The molecular formula is C23H27N3O2S. The lowest BCUT2D eigenvalue weighted by atomic mass is 9.76. The second-order valence-electron chi connectivity index (χ2n) is 7.79. The van der Waals surface area contributed by atoms with Crippen molar-refractivity contribution in [2.45, 2.75) is 69.2 Å². The number of thioether (sulfide) groups is 1. The van der Waals surface area contributed by atoms with Gasteiger partial charge in [0.25, 0.3) is 5.56 Å². The Balaban J connectivity index is 1.86. The number of rotatable bonds is 5. The Morgan fingerprint density at radius 2 is 1.93 bits per heavy atom. The third kappa shape index (κ3) is 3.78. The molecule has 2 N–H and O–H groups in total. The van der Waals surface area contributed by atoms with Gasteiger partial charge >= 0.3 is 0 Å². The van der Waals surface area contributed by atoms with Crippen molar-refractivity contribution in [1.29, 1.82) is 0 Å². The molecular weight excluding hydrogens is 382 g/mol. The minimum Gasteiger partial charge on any atom is -0.343 e. The summed E-state index contributed by atoms with van der Waals surface area (Å²) < 4.78 is 0. The molecule has 2 heterocycles. The lowest BCUT2D eigenvalue weighted by molar-refractivity contribution is -0.116. The average molecular weight is 410 g/mol. The highest BCUT2D eigenvalue weighted by molar-refractivity contribution is 7.99. The molecule has 0 fully saturated rings. The molecule has 0 radical (unpaired) electrons. The van der Waals surface area contributed by atoms with Crippen molar-refractivity contribution in [2.75, 3.05) is 5.32 Å². The first kappa shape index (κ1) is 20.0. The summed E-state index contributed by atoms with van der Waals surface area (Å²) in [5.41, 5.74) is 4.26. The number of carbonyl (C=O) groups is 1. The molecule has 2 atom stereocenters. The van der Waals surface area contributed by atoms with Crippen molar-refractivity contribution < 1.29 is 4.79 Å². The summed E-state index contributed by atoms with van der Waals surface area (Å²) in [4.78, 5) is 33.7. The van der Waals surface area contributed by atoms with Crippen LogP contribution in [0.3, 0.4) is 0 Å². The smallest absolute Gasteiger partial charge is 0.257 e. The van der Waals surface area contributed by atoms with E-state index >= 15 is 0 Å². The number of Topliss-reactive ketones (excluding diaryl/α,β-unsaturated/α-hetero) is 1. The third-order valence-corrected chi connectivity index (χ3v) is 7.00. The van der Waals surface area contributed by atoms with Crippen molar-refractivity contribution in [2.24, 2.45) is 0 Å². The van der Waals surface area contributed by atoms with E-state index in [4.69, 9.17) is 4.98 Å². The maximum Gasteiger partial charge on any atom is 0.257 e. The summed E-state index contributed by atoms with van der Waals surface area (Å²) in [7, 11) is 0. The molecule has 0 amide bonds. The van der Waals surface area contributed by atoms with E-state index in [2.05, 4.69) is 43.2 Å². The zero-order chi connectivity index (χ0) is 20.5. The zero-order valence-electron chi connectivity index (χ0n) is 17.2. The van der Waals surface area contributed by atoms with Crippen molar-refractivity contribution in [1.82, 2.24) is 9.97 Å². The number of hydrogen-bond donors (Lipinski definition) is 2. The van der Waals surface area contributed by atoms with Crippen LogP contribution in [-0.2, 0) is 11.2 Å². The van der Waals surface area contributed by atoms with Gasteiger partial charge in [-0.05, 0) is 36.8 Å². The van der Waals surface area contributed by atoms with Gasteiger partial charge in [-0.3, -0.25) is 9.59 Å². The molecule has 29 heavy (non-hydrogen) atoms. The minimum absolute atomic E-state index is 0.131. The Kier molecular flexibility index (Phi) is 5.63. The number of nitrogens with one attached hydrogen (secondary N) is 2. The van der Waals surface area contributed by atoms with Crippen LogP contribution in [0.5, 0.6) is 0 Å². The number of allylic oxidation sites excluding steroid dienone is 2. The van der Waals surface area contributed by atoms with E-state index in [0.29, 0.717) is 28.2 Å². The molecule has 1 aliphatic heterocycles. The Hall–Kier alpha value is -2.34. The molecule has 1 aromatic heterocycles. The maximum absolute atomic E-state index is 13.2. The van der Waals surface area contributed by atoms with Gasteiger partial charge in [0.05, 0.1) is 5.56 Å². The van der Waals surface area contributed by atoms with Gasteiger partial charge in [-0.25, -0.2) is 4.98 Å². The molecule has 1 aromatic carbocycles. The number of ketones is 1. The molecule has 0 saturated heterocycles. The van der Waals surface area contributed by atoms with Gasteiger partial charge in [0, 0.05) is 28.9 Å². The van der Waals surface area contributed by atoms with Gasteiger partial charge in [0.15, 0.2) is 10.9 Å². The van der Waals surface area contributed by atoms with Crippen LogP contribution in [0.4, 0.5) is 5.82 Å². The summed E-state index contributed by atoms with van der Waals surface area (Å²) in [6.07, 6.45) is 4.13. The molecule has 5 nitrogen and oxygen atoms in total. The number of aromatic amines is 1. The summed E-state index contributed by atoms with van der Waals surface area (Å²) in [6.45, 7) is 6.36. The van der Waals surface area contributed by atoms with Crippen LogP contribution in [0.2, 0.25) is 0 Å². The monoisotopic (exact) mass is 409 g/mol. The summed E-state index contributed by atoms with van der Waals surface area (Å²) in [5, 5.41) is 4.33. The lowest BCUT2D eigenvalue weighted by Crippen LogP contribution is -2.32. The fourth-order valence-electron chi connectivity index (χ4n) is 4.05. The van der Waals surface area contributed by atoms with Gasteiger partial charge in [0.1, 0.15) is 5.82 Å². The van der Waals surface area contributed by atoms with Crippen LogP contribution < -0.4 is 10.9 Å². The van der Waals surface area contributed by atoms with Gasteiger partial charge in [-0.1, -0.05) is 56.8 Å². The Morgan fingerprint density at radius 1 is 1.17 bits per heavy atom. The molecule has 0 unspecified atom stereocenters. The van der Waals surface area contributed by atoms with Crippen LogP contribution in [-0.4, -0.2) is 21.0 Å². The van der Waals surface area contributed by atoms with E-state index in [1.165, 1.54) is 5.56 Å². The minimum atomic E-state index is -0.362. The number of nitrogens with zero attached hydrogens (tertiary/aromatic N) is 1. The SMILES string of the molecule is CCc1ccc([C@H]2C3=C(CCCC3=O)Nc3nc(S[C@H](C)CC)[nH]c(=O)c32)cc1. The topological polar surface area (TPSA) is 74.8 Å². The van der Waals surface area contributed by atoms with Crippen LogP contribution in [0.15, 0.2) is 45.5 Å². The maximum atomic E-state index is 13.2. The molecule has 152 valence electrons. The van der Waals surface area contributed by atoms with Crippen molar-refractivity contribution in [3.63, 3.8) is 0 Å². The number of benzene rings is 1. The van der Waals surface area contributed by atoms with Crippen LogP contribution in [0.1, 0.15) is 69.1 Å². The highest BCUT2D eigenvalue weighted by atomic mass is 32.2. The fourth-order valence-corrected chi connectivity index (χ4v) is 4.89. The Labute approximate surface area is 175 Å². The number of fused-ring (bicyclic) bond motifs is 1. The quantitative estimate of drug-likeness (QED) is 0.549. The van der Waals surface area contributed by atoms with Crippen molar-refractivity contribution >= 4 is 23.4 Å². The normalized spacial score (nSPS) is 19.4. The summed E-state index contributed by atoms with van der Waals surface area (Å²) in [5.74, 6) is 0.364. The van der Waals surface area contributed by atoms with Crippen LogP contribution >= 0.6 is 11.8 Å². The van der Waals surface area contributed by atoms with Gasteiger partial charge < -0.3 is 10.3 Å². The van der Waals surface area contributed by atoms with Gasteiger partial charge in [-0.2, -0.15) is 0 Å². The van der Waals surface area contributed by atoms with E-state index < -0.39 is 0 Å². The fraction of sp³-hybridized carbons (Fsp3) is 0.435. The molecule has 0 saturated carbocycles. The standard InChI is InChI=1S/C23H27N3O2S/c1-4-13(3)29-23-25-21-20(22(28)26-23)18(15-11-9-14(5-2)10-12-15)19-16(24-21)7-6-8-17(19)27/h9-13,18H,4-8H2,1-3H3,(H2,24,25,26,28)/t13-,18+/m1/s1. The lowest BCUT2D eigenvalue weighted by Gasteiger charge is -2.33. The second-order valence-corrected chi connectivity index (χ2v) is 9.22. The molecule has 4 rings (SSSR count). The van der Waals surface area contributed by atoms with E-state index in [-0.39, 0.29) is 17.3 Å².